The second-order valence-corrected chi connectivity index (χ2v) is 8.42. The van der Waals surface area contributed by atoms with Crippen LogP contribution in [0.5, 0.6) is 0 Å². The highest BCUT2D eigenvalue weighted by atomic mass is 19.1. The number of nitrogens with zero attached hydrogens (tertiary/aromatic N) is 2. The molecule has 0 N–H and O–H groups in total. The number of halogens is 2. The van der Waals surface area contributed by atoms with Crippen LogP contribution in [-0.4, -0.2) is 12.6 Å². The lowest BCUT2D eigenvalue weighted by Crippen LogP contribution is -2.59. The molecule has 1 atom stereocenters. The van der Waals surface area contributed by atoms with Gasteiger partial charge >= 0.3 is 12.1 Å². The Morgan fingerprint density at radius 3 is 2.27 bits per heavy atom. The van der Waals surface area contributed by atoms with Crippen LogP contribution in [0.15, 0.2) is 60.9 Å². The molecular formula is C27H32F2N2O2+2. The molecule has 1 aromatic carbocycles. The van der Waals surface area contributed by atoms with Gasteiger partial charge in [-0.2, -0.15) is 0 Å². The molecule has 0 saturated heterocycles. The van der Waals surface area contributed by atoms with E-state index in [0.29, 0.717) is 22.5 Å². The minimum Gasteiger partial charge on any atom is -0.458 e. The first-order valence-electron chi connectivity index (χ1n) is 11.4. The third-order valence-corrected chi connectivity index (χ3v) is 6.59. The first kappa shape index (κ1) is 24.5. The van der Waals surface area contributed by atoms with Crippen molar-refractivity contribution >= 4 is 5.97 Å². The van der Waals surface area contributed by atoms with E-state index in [1.54, 1.807) is 29.8 Å². The average Bonchev–Trinajstić information content (AvgIpc) is 2.83. The fourth-order valence-corrected chi connectivity index (χ4v) is 4.23. The molecule has 2 aromatic heterocycles. The topological polar surface area (TPSA) is 34.1 Å². The van der Waals surface area contributed by atoms with Crippen molar-refractivity contribution in [2.24, 2.45) is 0 Å². The maximum absolute atomic E-state index is 15.4. The number of rotatable bonds is 8. The van der Waals surface area contributed by atoms with Crippen LogP contribution >= 0.6 is 0 Å². The van der Waals surface area contributed by atoms with E-state index in [2.05, 4.69) is 0 Å². The summed E-state index contributed by atoms with van der Waals surface area (Å²) in [5, 5.41) is 0. The minimum absolute atomic E-state index is 0.266. The summed E-state index contributed by atoms with van der Waals surface area (Å²) in [5.41, 5.74) is 1.62. The highest BCUT2D eigenvalue weighted by Crippen LogP contribution is 2.39. The lowest BCUT2D eigenvalue weighted by molar-refractivity contribution is -0.937. The number of aromatic nitrogens is 2. The Morgan fingerprint density at radius 1 is 1.00 bits per heavy atom. The van der Waals surface area contributed by atoms with Crippen molar-refractivity contribution in [2.45, 2.75) is 59.0 Å². The van der Waals surface area contributed by atoms with Crippen molar-refractivity contribution in [1.29, 1.82) is 0 Å². The van der Waals surface area contributed by atoms with Gasteiger partial charge in [-0.05, 0) is 48.9 Å². The molecular weight excluding hydrogens is 422 g/mol. The van der Waals surface area contributed by atoms with Gasteiger partial charge in [0.25, 0.3) is 5.69 Å². The molecule has 0 saturated carbocycles. The Bertz CT molecular complexity index is 1140. The number of pyridine rings is 2. The molecule has 6 heteroatoms. The molecule has 1 unspecified atom stereocenters. The molecule has 3 aromatic rings. The van der Waals surface area contributed by atoms with Gasteiger partial charge in [0.1, 0.15) is 11.6 Å². The zero-order valence-corrected chi connectivity index (χ0v) is 19.9. The van der Waals surface area contributed by atoms with Crippen LogP contribution in [0, 0.1) is 11.6 Å². The van der Waals surface area contributed by atoms with Gasteiger partial charge < -0.3 is 4.74 Å². The zero-order chi connectivity index (χ0) is 24.2. The third-order valence-electron chi connectivity index (χ3n) is 6.59. The van der Waals surface area contributed by atoms with Crippen molar-refractivity contribution in [2.75, 3.05) is 6.61 Å². The molecule has 0 aliphatic carbocycles. The van der Waals surface area contributed by atoms with Crippen molar-refractivity contribution in [3.05, 3.63) is 83.8 Å². The summed E-state index contributed by atoms with van der Waals surface area (Å²) in [6, 6.07) is 13.2. The number of esters is 1. The molecule has 2 heterocycles. The van der Waals surface area contributed by atoms with Crippen molar-refractivity contribution in [1.82, 2.24) is 0 Å². The maximum Gasteiger partial charge on any atom is 0.403 e. The Balaban J connectivity index is 2.25. The first-order chi connectivity index (χ1) is 15.8. The van der Waals surface area contributed by atoms with Gasteiger partial charge in [0.15, 0.2) is 12.4 Å². The van der Waals surface area contributed by atoms with E-state index in [-0.39, 0.29) is 12.8 Å². The first-order valence-corrected chi connectivity index (χ1v) is 11.4. The van der Waals surface area contributed by atoms with Crippen LogP contribution < -0.4 is 9.13 Å². The van der Waals surface area contributed by atoms with Gasteiger partial charge in [-0.1, -0.05) is 20.8 Å². The number of benzene rings is 1. The summed E-state index contributed by atoms with van der Waals surface area (Å²) in [5.74, 6) is -1.62. The average molecular weight is 455 g/mol. The van der Waals surface area contributed by atoms with E-state index >= 15 is 4.39 Å². The van der Waals surface area contributed by atoms with Crippen LogP contribution in [0.2, 0.25) is 0 Å². The quantitative estimate of drug-likeness (QED) is 0.331. The van der Waals surface area contributed by atoms with Gasteiger partial charge in [0.05, 0.1) is 19.1 Å². The number of carbonyl (C=O) groups is 1. The van der Waals surface area contributed by atoms with Crippen LogP contribution in [0.25, 0.3) is 11.3 Å². The number of hydrogen-bond donors (Lipinski definition) is 0. The minimum atomic E-state index is -0.603. The Hall–Kier alpha value is -3.15. The number of carbonyl (C=O) groups excluding carboxylic acids is 1. The Morgan fingerprint density at radius 2 is 1.64 bits per heavy atom. The smallest absolute Gasteiger partial charge is 0.403 e. The molecule has 0 amide bonds. The predicted octanol–water partition coefficient (Wildman–Crippen LogP) is 5.53. The second-order valence-electron chi connectivity index (χ2n) is 8.42. The van der Waals surface area contributed by atoms with Gasteiger partial charge in [0, 0.05) is 30.3 Å². The van der Waals surface area contributed by atoms with Crippen molar-refractivity contribution in [3.8, 4) is 11.3 Å². The predicted molar refractivity (Wildman–Crippen MR) is 123 cm³/mol. The fourth-order valence-electron chi connectivity index (χ4n) is 4.23. The molecule has 0 fully saturated rings. The molecule has 33 heavy (non-hydrogen) atoms. The lowest BCUT2D eigenvalue weighted by atomic mass is 9.75. The van der Waals surface area contributed by atoms with Crippen LogP contribution in [0.4, 0.5) is 8.78 Å². The van der Waals surface area contributed by atoms with E-state index in [0.717, 1.165) is 18.9 Å². The fraction of sp³-hybridized carbons (Fsp3) is 0.370. The van der Waals surface area contributed by atoms with E-state index in [1.807, 2.05) is 62.7 Å². The van der Waals surface area contributed by atoms with E-state index in [1.165, 1.54) is 6.07 Å². The van der Waals surface area contributed by atoms with E-state index in [9.17, 15) is 9.18 Å². The normalized spacial score (nSPS) is 12.5. The van der Waals surface area contributed by atoms with Gasteiger partial charge in [-0.15, -0.1) is 9.13 Å². The molecule has 0 bridgehead atoms. The maximum atomic E-state index is 15.4. The summed E-state index contributed by atoms with van der Waals surface area (Å²) >= 11 is 0. The van der Waals surface area contributed by atoms with Crippen molar-refractivity contribution < 1.29 is 27.4 Å². The number of hydrogen-bond acceptors (Lipinski definition) is 2. The molecule has 0 radical (unpaired) electrons. The summed E-state index contributed by atoms with van der Waals surface area (Å²) in [6.07, 6.45) is 4.74. The molecule has 4 nitrogen and oxygen atoms in total. The molecule has 3 rings (SSSR count). The summed E-state index contributed by atoms with van der Waals surface area (Å²) in [6.45, 7) is 10.0. The summed E-state index contributed by atoms with van der Waals surface area (Å²) in [7, 11) is 0. The molecule has 174 valence electrons. The largest absolute Gasteiger partial charge is 0.458 e. The Kier molecular flexibility index (Phi) is 7.57. The van der Waals surface area contributed by atoms with Gasteiger partial charge in [-0.25, -0.2) is 13.6 Å². The number of ether oxygens (including phenoxy) is 1. The van der Waals surface area contributed by atoms with E-state index in [4.69, 9.17) is 4.74 Å². The van der Waals surface area contributed by atoms with Gasteiger partial charge in [-0.3, -0.25) is 0 Å². The highest BCUT2D eigenvalue weighted by Gasteiger charge is 2.36. The summed E-state index contributed by atoms with van der Waals surface area (Å²) in [4.78, 5) is 12.6. The van der Waals surface area contributed by atoms with Crippen LogP contribution in [0.1, 0.15) is 69.7 Å². The highest BCUT2D eigenvalue weighted by molar-refractivity contribution is 5.85. The SMILES string of the molecule is CCOC(=O)c1cccc[n+]1C(C)[n+]1ccccc1-c1c(F)cc(F)cc1C(C)(CC)CC. The standard InChI is InChI=1S/C27H32F2N2O2/c1-6-27(5,7-2)21-17-20(28)18-22(29)25(21)23-13-9-11-15-30(23)19(4)31-16-12-10-14-24(31)26(32)33-8-3/h9-19H,6-8H2,1-5H3/q+2. The second kappa shape index (κ2) is 10.2. The molecule has 0 aliphatic rings. The monoisotopic (exact) mass is 454 g/mol. The van der Waals surface area contributed by atoms with Crippen LogP contribution in [0.3, 0.4) is 0 Å². The third kappa shape index (κ3) is 4.80. The van der Waals surface area contributed by atoms with Gasteiger partial charge in [0.2, 0.25) is 5.69 Å². The van der Waals surface area contributed by atoms with Crippen molar-refractivity contribution in [3.63, 3.8) is 0 Å². The van der Waals surface area contributed by atoms with Crippen LogP contribution in [-0.2, 0) is 10.2 Å². The zero-order valence-electron chi connectivity index (χ0n) is 19.9. The molecule has 0 aliphatic heterocycles. The molecule has 0 spiro atoms. The lowest BCUT2D eigenvalue weighted by Gasteiger charge is -2.29. The summed E-state index contributed by atoms with van der Waals surface area (Å²) < 4.78 is 38.7. The Labute approximate surface area is 194 Å². The van der Waals surface area contributed by atoms with E-state index < -0.39 is 23.0 Å².